The number of halogens is 1. The van der Waals surface area contributed by atoms with Gasteiger partial charge in [0.15, 0.2) is 5.76 Å². The van der Waals surface area contributed by atoms with Gasteiger partial charge in [0.2, 0.25) is 0 Å². The number of hydrogen-bond acceptors (Lipinski definition) is 3. The van der Waals surface area contributed by atoms with Gasteiger partial charge in [-0.1, -0.05) is 41.9 Å². The lowest BCUT2D eigenvalue weighted by molar-refractivity contribution is 0.0912. The SMILES string of the molecule is CCOCc1c(C(=O)NCc2cccc(Cl)c2)oc2ccccc12. The van der Waals surface area contributed by atoms with Gasteiger partial charge in [0, 0.05) is 29.1 Å². The Hall–Kier alpha value is -2.30. The second-order valence-corrected chi connectivity index (χ2v) is 5.79. The minimum absolute atomic E-state index is 0.263. The molecule has 0 bridgehead atoms. The van der Waals surface area contributed by atoms with Crippen molar-refractivity contribution in [1.29, 1.82) is 0 Å². The third kappa shape index (κ3) is 3.61. The van der Waals surface area contributed by atoms with Crippen molar-refractivity contribution in [2.45, 2.75) is 20.1 Å². The summed E-state index contributed by atoms with van der Waals surface area (Å²) < 4.78 is 11.2. The second kappa shape index (κ2) is 7.51. The first-order valence-electron chi connectivity index (χ1n) is 7.80. The molecule has 0 saturated carbocycles. The van der Waals surface area contributed by atoms with Crippen LogP contribution in [-0.4, -0.2) is 12.5 Å². The molecule has 1 heterocycles. The van der Waals surface area contributed by atoms with Gasteiger partial charge in [-0.3, -0.25) is 4.79 Å². The first kappa shape index (κ1) is 16.6. The van der Waals surface area contributed by atoms with Crippen LogP contribution in [0.25, 0.3) is 11.0 Å². The van der Waals surface area contributed by atoms with E-state index in [4.69, 9.17) is 20.8 Å². The van der Waals surface area contributed by atoms with Crippen molar-refractivity contribution in [3.8, 4) is 0 Å². The van der Waals surface area contributed by atoms with Gasteiger partial charge in [-0.15, -0.1) is 0 Å². The molecular formula is C19H18ClNO3. The van der Waals surface area contributed by atoms with Crippen LogP contribution in [0.3, 0.4) is 0 Å². The van der Waals surface area contributed by atoms with Crippen LogP contribution >= 0.6 is 11.6 Å². The van der Waals surface area contributed by atoms with E-state index in [1.807, 2.05) is 49.4 Å². The highest BCUT2D eigenvalue weighted by Crippen LogP contribution is 2.26. The molecule has 2 aromatic carbocycles. The molecule has 0 radical (unpaired) electrons. The van der Waals surface area contributed by atoms with Gasteiger partial charge in [-0.05, 0) is 30.7 Å². The molecule has 0 aliphatic carbocycles. The molecule has 0 aliphatic heterocycles. The third-order valence-electron chi connectivity index (χ3n) is 3.70. The van der Waals surface area contributed by atoms with Gasteiger partial charge in [0.25, 0.3) is 5.91 Å². The molecule has 0 saturated heterocycles. The number of carbonyl (C=O) groups is 1. The topological polar surface area (TPSA) is 51.5 Å². The predicted octanol–water partition coefficient (Wildman–Crippen LogP) is 4.55. The average molecular weight is 344 g/mol. The van der Waals surface area contributed by atoms with Crippen molar-refractivity contribution in [3.05, 3.63) is 70.4 Å². The van der Waals surface area contributed by atoms with Gasteiger partial charge >= 0.3 is 0 Å². The summed E-state index contributed by atoms with van der Waals surface area (Å²) in [6, 6.07) is 15.0. The summed E-state index contributed by atoms with van der Waals surface area (Å²) in [5.41, 5.74) is 2.38. The lowest BCUT2D eigenvalue weighted by Crippen LogP contribution is -2.23. The first-order chi connectivity index (χ1) is 11.7. The molecule has 3 aromatic rings. The van der Waals surface area contributed by atoms with E-state index in [-0.39, 0.29) is 5.91 Å². The Morgan fingerprint density at radius 2 is 2.04 bits per heavy atom. The van der Waals surface area contributed by atoms with E-state index in [2.05, 4.69) is 5.32 Å². The number of fused-ring (bicyclic) bond motifs is 1. The fraction of sp³-hybridized carbons (Fsp3) is 0.211. The van der Waals surface area contributed by atoms with E-state index in [1.54, 1.807) is 6.07 Å². The standard InChI is InChI=1S/C19H18ClNO3/c1-2-23-12-16-15-8-3-4-9-17(15)24-18(16)19(22)21-11-13-6-5-7-14(20)10-13/h3-10H,2,11-12H2,1H3,(H,21,22). The van der Waals surface area contributed by atoms with E-state index in [0.29, 0.717) is 36.1 Å². The van der Waals surface area contributed by atoms with Crippen LogP contribution in [0.1, 0.15) is 28.6 Å². The van der Waals surface area contributed by atoms with Crippen LogP contribution in [-0.2, 0) is 17.9 Å². The Kier molecular flexibility index (Phi) is 5.18. The summed E-state index contributed by atoms with van der Waals surface area (Å²) in [4.78, 5) is 12.6. The maximum atomic E-state index is 12.6. The summed E-state index contributed by atoms with van der Waals surface area (Å²) in [7, 11) is 0. The van der Waals surface area contributed by atoms with Gasteiger partial charge in [-0.2, -0.15) is 0 Å². The molecule has 124 valence electrons. The zero-order valence-electron chi connectivity index (χ0n) is 13.3. The largest absolute Gasteiger partial charge is 0.451 e. The fourth-order valence-electron chi connectivity index (χ4n) is 2.54. The Morgan fingerprint density at radius 3 is 2.83 bits per heavy atom. The molecule has 0 aliphatic rings. The van der Waals surface area contributed by atoms with Crippen LogP contribution in [0, 0.1) is 0 Å². The summed E-state index contributed by atoms with van der Waals surface area (Å²) >= 11 is 5.97. The molecule has 24 heavy (non-hydrogen) atoms. The molecule has 1 N–H and O–H groups in total. The van der Waals surface area contributed by atoms with E-state index in [9.17, 15) is 4.79 Å². The molecule has 1 amide bonds. The average Bonchev–Trinajstić information content (AvgIpc) is 2.96. The lowest BCUT2D eigenvalue weighted by Gasteiger charge is -2.06. The number of furan rings is 1. The Bertz CT molecular complexity index is 857. The van der Waals surface area contributed by atoms with Crippen molar-refractivity contribution in [2.24, 2.45) is 0 Å². The number of benzene rings is 2. The first-order valence-corrected chi connectivity index (χ1v) is 8.17. The van der Waals surface area contributed by atoms with Gasteiger partial charge in [0.1, 0.15) is 5.58 Å². The summed E-state index contributed by atoms with van der Waals surface area (Å²) in [6.45, 7) is 3.21. The van der Waals surface area contributed by atoms with Crippen LogP contribution in [0.5, 0.6) is 0 Å². The summed E-state index contributed by atoms with van der Waals surface area (Å²) in [6.07, 6.45) is 0. The molecule has 1 aromatic heterocycles. The number of hydrogen-bond donors (Lipinski definition) is 1. The van der Waals surface area contributed by atoms with Crippen LogP contribution < -0.4 is 5.32 Å². The van der Waals surface area contributed by atoms with Gasteiger partial charge in [-0.25, -0.2) is 0 Å². The quantitative estimate of drug-likeness (QED) is 0.714. The van der Waals surface area contributed by atoms with Crippen molar-refractivity contribution in [2.75, 3.05) is 6.61 Å². The number of amides is 1. The number of rotatable bonds is 6. The molecule has 0 unspecified atom stereocenters. The number of nitrogens with one attached hydrogen (secondary N) is 1. The van der Waals surface area contributed by atoms with E-state index in [0.717, 1.165) is 16.5 Å². The highest BCUT2D eigenvalue weighted by Gasteiger charge is 2.20. The maximum Gasteiger partial charge on any atom is 0.287 e. The highest BCUT2D eigenvalue weighted by atomic mass is 35.5. The molecule has 5 heteroatoms. The van der Waals surface area contributed by atoms with Gasteiger partial charge < -0.3 is 14.5 Å². The zero-order chi connectivity index (χ0) is 16.9. The second-order valence-electron chi connectivity index (χ2n) is 5.36. The molecule has 0 atom stereocenters. The van der Waals surface area contributed by atoms with Crippen molar-refractivity contribution < 1.29 is 13.9 Å². The third-order valence-corrected chi connectivity index (χ3v) is 3.93. The van der Waals surface area contributed by atoms with E-state index < -0.39 is 0 Å². The minimum atomic E-state index is -0.263. The lowest BCUT2D eigenvalue weighted by atomic mass is 10.1. The monoisotopic (exact) mass is 343 g/mol. The maximum absolute atomic E-state index is 12.6. The zero-order valence-corrected chi connectivity index (χ0v) is 14.1. The Balaban J connectivity index is 1.83. The van der Waals surface area contributed by atoms with Crippen molar-refractivity contribution >= 4 is 28.5 Å². The smallest absolute Gasteiger partial charge is 0.287 e. The normalized spacial score (nSPS) is 10.9. The van der Waals surface area contributed by atoms with E-state index in [1.165, 1.54) is 0 Å². The van der Waals surface area contributed by atoms with Crippen LogP contribution in [0.2, 0.25) is 5.02 Å². The Labute approximate surface area is 145 Å². The van der Waals surface area contributed by atoms with Crippen LogP contribution in [0.4, 0.5) is 0 Å². The number of ether oxygens (including phenoxy) is 1. The van der Waals surface area contributed by atoms with Crippen LogP contribution in [0.15, 0.2) is 52.9 Å². The molecule has 0 fully saturated rings. The molecule has 4 nitrogen and oxygen atoms in total. The summed E-state index contributed by atoms with van der Waals surface area (Å²) in [5.74, 6) is 0.0348. The summed E-state index contributed by atoms with van der Waals surface area (Å²) in [5, 5.41) is 4.42. The molecule has 3 rings (SSSR count). The van der Waals surface area contributed by atoms with Gasteiger partial charge in [0.05, 0.1) is 6.61 Å². The number of para-hydroxylation sites is 1. The predicted molar refractivity (Wildman–Crippen MR) is 94.2 cm³/mol. The Morgan fingerprint density at radius 1 is 1.21 bits per heavy atom. The van der Waals surface area contributed by atoms with Crippen molar-refractivity contribution in [3.63, 3.8) is 0 Å². The van der Waals surface area contributed by atoms with Crippen molar-refractivity contribution in [1.82, 2.24) is 5.32 Å². The minimum Gasteiger partial charge on any atom is -0.451 e. The fourth-order valence-corrected chi connectivity index (χ4v) is 2.75. The number of carbonyl (C=O) groups excluding carboxylic acids is 1. The van der Waals surface area contributed by atoms with E-state index >= 15 is 0 Å². The molecule has 0 spiro atoms. The molecular weight excluding hydrogens is 326 g/mol. The highest BCUT2D eigenvalue weighted by molar-refractivity contribution is 6.30.